The minimum absolute atomic E-state index is 0.00317. The highest BCUT2D eigenvalue weighted by Crippen LogP contribution is 2.49. The van der Waals surface area contributed by atoms with Crippen LogP contribution in [-0.2, 0) is 9.53 Å². The number of carbonyl (C=O) groups excluding carboxylic acids is 1. The van der Waals surface area contributed by atoms with Crippen molar-refractivity contribution in [2.45, 2.75) is 44.8 Å². The molecule has 7 nitrogen and oxygen atoms in total. The molecule has 1 aliphatic heterocycles. The fourth-order valence-corrected chi connectivity index (χ4v) is 5.30. The second kappa shape index (κ2) is 9.26. The number of amides is 1. The summed E-state index contributed by atoms with van der Waals surface area (Å²) >= 11 is 6.37. The maximum Gasteiger partial charge on any atom is 0.229 e. The Bertz CT molecular complexity index is 1470. The zero-order chi connectivity index (χ0) is 24.8. The molecule has 0 spiro atoms. The van der Waals surface area contributed by atoms with Gasteiger partial charge in [-0.2, -0.15) is 5.10 Å². The van der Waals surface area contributed by atoms with Gasteiger partial charge in [0.2, 0.25) is 5.91 Å². The average Bonchev–Trinajstić information content (AvgIpc) is 3.55. The minimum Gasteiger partial charge on any atom is -0.357 e. The molecule has 36 heavy (non-hydrogen) atoms. The molecule has 1 N–H and O–H groups in total. The van der Waals surface area contributed by atoms with E-state index in [-0.39, 0.29) is 29.0 Å². The van der Waals surface area contributed by atoms with Crippen LogP contribution in [0.5, 0.6) is 0 Å². The summed E-state index contributed by atoms with van der Waals surface area (Å²) in [6.45, 7) is 2.63. The number of fused-ring (bicyclic) bond motifs is 1. The Hall–Kier alpha value is -3.36. The van der Waals surface area contributed by atoms with E-state index >= 15 is 4.39 Å². The lowest BCUT2D eigenvalue weighted by atomic mass is 9.99. The van der Waals surface area contributed by atoms with Crippen LogP contribution in [0.1, 0.15) is 49.1 Å². The van der Waals surface area contributed by atoms with E-state index in [1.807, 2.05) is 23.7 Å². The zero-order valence-corrected chi connectivity index (χ0v) is 20.5. The summed E-state index contributed by atoms with van der Waals surface area (Å²) in [6, 6.07) is 7.25. The van der Waals surface area contributed by atoms with Crippen molar-refractivity contribution in [3.8, 4) is 11.1 Å². The first-order chi connectivity index (χ1) is 17.5. The molecule has 184 valence electrons. The molecule has 1 unspecified atom stereocenters. The van der Waals surface area contributed by atoms with Gasteiger partial charge in [0, 0.05) is 65.4 Å². The lowest BCUT2D eigenvalue weighted by Crippen LogP contribution is -2.21. The van der Waals surface area contributed by atoms with Crippen molar-refractivity contribution in [3.63, 3.8) is 0 Å². The van der Waals surface area contributed by atoms with Crippen molar-refractivity contribution in [2.75, 3.05) is 11.9 Å². The van der Waals surface area contributed by atoms with Gasteiger partial charge in [0.1, 0.15) is 17.9 Å². The number of pyridine rings is 2. The number of ether oxygens (including phenoxy) is 1. The number of benzene rings is 1. The summed E-state index contributed by atoms with van der Waals surface area (Å²) in [6.07, 6.45) is 10.4. The van der Waals surface area contributed by atoms with Crippen molar-refractivity contribution in [1.29, 1.82) is 0 Å². The highest BCUT2D eigenvalue weighted by molar-refractivity contribution is 6.36. The van der Waals surface area contributed by atoms with Crippen molar-refractivity contribution in [2.24, 2.45) is 5.92 Å². The quantitative estimate of drug-likeness (QED) is 0.358. The van der Waals surface area contributed by atoms with Gasteiger partial charge in [0.25, 0.3) is 0 Å². The third kappa shape index (κ3) is 4.14. The molecule has 1 aromatic carbocycles. The number of nitrogens with one attached hydrogen (secondary N) is 1. The van der Waals surface area contributed by atoms with Gasteiger partial charge in [-0.1, -0.05) is 11.6 Å². The van der Waals surface area contributed by atoms with Crippen molar-refractivity contribution in [3.05, 3.63) is 71.2 Å². The summed E-state index contributed by atoms with van der Waals surface area (Å²) in [5, 5.41) is 8.57. The average molecular weight is 506 g/mol. The molecule has 3 atom stereocenters. The number of aromatic nitrogens is 4. The van der Waals surface area contributed by atoms with Gasteiger partial charge < -0.3 is 10.1 Å². The molecular formula is C27H25ClFN5O2. The largest absolute Gasteiger partial charge is 0.357 e. The number of hydrogen-bond acceptors (Lipinski definition) is 5. The van der Waals surface area contributed by atoms with E-state index < -0.39 is 5.82 Å². The lowest BCUT2D eigenvalue weighted by Gasteiger charge is -2.24. The third-order valence-electron chi connectivity index (χ3n) is 7.12. The summed E-state index contributed by atoms with van der Waals surface area (Å²) < 4.78 is 22.9. The Kier molecular flexibility index (Phi) is 5.93. The minimum atomic E-state index is -0.516. The lowest BCUT2D eigenvalue weighted by molar-refractivity contribution is -0.117. The Morgan fingerprint density at radius 1 is 1.19 bits per heavy atom. The Morgan fingerprint density at radius 3 is 2.89 bits per heavy atom. The molecule has 9 heteroatoms. The Balaban J connectivity index is 1.23. The molecule has 2 fully saturated rings. The normalized spacial score (nSPS) is 21.5. The Morgan fingerprint density at radius 2 is 2.08 bits per heavy atom. The van der Waals surface area contributed by atoms with E-state index in [9.17, 15) is 4.79 Å². The highest BCUT2D eigenvalue weighted by atomic mass is 35.5. The molecule has 1 aliphatic carbocycles. The summed E-state index contributed by atoms with van der Waals surface area (Å²) in [4.78, 5) is 21.5. The van der Waals surface area contributed by atoms with E-state index in [0.29, 0.717) is 27.7 Å². The van der Waals surface area contributed by atoms with E-state index in [1.54, 1.807) is 30.7 Å². The third-order valence-corrected chi connectivity index (χ3v) is 7.49. The fraction of sp³-hybridized carbons (Fsp3) is 0.333. The van der Waals surface area contributed by atoms with Gasteiger partial charge in [0.15, 0.2) is 0 Å². The first-order valence-corrected chi connectivity index (χ1v) is 12.5. The maximum absolute atomic E-state index is 15.1. The molecule has 6 rings (SSSR count). The molecule has 4 heterocycles. The molecule has 3 aromatic heterocycles. The number of carbonyl (C=O) groups is 1. The van der Waals surface area contributed by atoms with Crippen molar-refractivity contribution in [1.82, 2.24) is 19.7 Å². The number of hydrogen-bond donors (Lipinski definition) is 1. The van der Waals surface area contributed by atoms with Crippen LogP contribution >= 0.6 is 11.6 Å². The van der Waals surface area contributed by atoms with Crippen LogP contribution < -0.4 is 5.32 Å². The molecule has 1 saturated heterocycles. The summed E-state index contributed by atoms with van der Waals surface area (Å²) in [5.41, 5.74) is 2.95. The smallest absolute Gasteiger partial charge is 0.229 e. The van der Waals surface area contributed by atoms with Gasteiger partial charge in [-0.15, -0.1) is 0 Å². The van der Waals surface area contributed by atoms with Gasteiger partial charge in [0.05, 0.1) is 5.02 Å². The van der Waals surface area contributed by atoms with Crippen LogP contribution in [0.25, 0.3) is 21.9 Å². The molecule has 2 aliphatic rings. The zero-order valence-electron chi connectivity index (χ0n) is 19.7. The van der Waals surface area contributed by atoms with Crippen LogP contribution in [-0.4, -0.2) is 32.3 Å². The number of halogens is 2. The Labute approximate surface area is 212 Å². The topological polar surface area (TPSA) is 81.9 Å². The van der Waals surface area contributed by atoms with Crippen LogP contribution in [0.2, 0.25) is 5.02 Å². The molecule has 0 bridgehead atoms. The predicted molar refractivity (Wildman–Crippen MR) is 135 cm³/mol. The fourth-order valence-electron chi connectivity index (χ4n) is 5.05. The second-order valence-corrected chi connectivity index (χ2v) is 9.87. The molecule has 0 radical (unpaired) electrons. The van der Waals surface area contributed by atoms with Crippen LogP contribution in [0.3, 0.4) is 0 Å². The highest BCUT2D eigenvalue weighted by Gasteiger charge is 2.46. The molecule has 4 aromatic rings. The van der Waals surface area contributed by atoms with Crippen LogP contribution in [0.15, 0.2) is 49.1 Å². The number of nitrogens with zero attached hydrogens (tertiary/aromatic N) is 4. The van der Waals surface area contributed by atoms with Gasteiger partial charge >= 0.3 is 0 Å². The number of rotatable bonds is 5. The summed E-state index contributed by atoms with van der Waals surface area (Å²) in [7, 11) is 0. The van der Waals surface area contributed by atoms with Crippen molar-refractivity contribution < 1.29 is 13.9 Å². The SMILES string of the molecule is Cc1ccncc1-c1cc2cc(NC(=O)[C@H]3C[C@@H]3c3ccnn3C3CCCCO3)ncc2c(Cl)c1F. The van der Waals surface area contributed by atoms with Gasteiger partial charge in [-0.25, -0.2) is 14.1 Å². The van der Waals surface area contributed by atoms with E-state index in [4.69, 9.17) is 16.3 Å². The summed E-state index contributed by atoms with van der Waals surface area (Å²) in [5.74, 6) is -0.271. The van der Waals surface area contributed by atoms with Crippen molar-refractivity contribution >= 4 is 34.1 Å². The standard InChI is InChI=1S/C27H25ClFN5O2/c1-15-5-7-30-13-20(15)18-10-16-11-23(31-14-21(16)25(28)26(18)29)33-27(35)19-12-17(19)22-6-8-32-34(22)24-4-2-3-9-36-24/h5-8,10-11,13-14,17,19,24H,2-4,9,12H2,1H3,(H,31,33,35)/t17-,19-,24?/m0/s1. The predicted octanol–water partition coefficient (Wildman–Crippen LogP) is 6.04. The molecule has 1 saturated carbocycles. The van der Waals surface area contributed by atoms with E-state index in [1.165, 1.54) is 6.20 Å². The number of anilines is 1. The van der Waals surface area contributed by atoms with Crippen LogP contribution in [0, 0.1) is 18.7 Å². The van der Waals surface area contributed by atoms with E-state index in [2.05, 4.69) is 20.4 Å². The van der Waals surface area contributed by atoms with Crippen LogP contribution in [0.4, 0.5) is 10.2 Å². The number of aryl methyl sites for hydroxylation is 1. The van der Waals surface area contributed by atoms with Gasteiger partial charge in [-0.3, -0.25) is 9.78 Å². The maximum atomic E-state index is 15.1. The first kappa shape index (κ1) is 23.1. The first-order valence-electron chi connectivity index (χ1n) is 12.2. The van der Waals surface area contributed by atoms with Gasteiger partial charge in [-0.05, 0) is 67.8 Å². The molecular weight excluding hydrogens is 481 g/mol. The molecule has 1 amide bonds. The van der Waals surface area contributed by atoms with E-state index in [0.717, 1.165) is 43.5 Å². The second-order valence-electron chi connectivity index (χ2n) is 9.49. The monoisotopic (exact) mass is 505 g/mol.